The van der Waals surface area contributed by atoms with Crippen LogP contribution in [0.4, 0.5) is 8.78 Å². The molecule has 1 aromatic rings. The topological polar surface area (TPSA) is 30.0 Å². The lowest BCUT2D eigenvalue weighted by molar-refractivity contribution is -0.114. The molecule has 0 fully saturated rings. The molecule has 0 aromatic carbocycles. The van der Waals surface area contributed by atoms with Crippen molar-refractivity contribution in [2.24, 2.45) is 5.92 Å². The Labute approximate surface area is 87.3 Å². The number of rotatable bonds is 5. The van der Waals surface area contributed by atoms with Gasteiger partial charge in [0.25, 0.3) is 5.92 Å². The van der Waals surface area contributed by atoms with Crippen molar-refractivity contribution in [2.75, 3.05) is 0 Å². The Kier molecular flexibility index (Phi) is 3.88. The fraction of sp³-hybridized carbons (Fsp3) is 0.455. The minimum Gasteiger partial charge on any atom is -0.303 e. The molecule has 1 atom stereocenters. The summed E-state index contributed by atoms with van der Waals surface area (Å²) in [5.41, 5.74) is 0.348. The van der Waals surface area contributed by atoms with Crippen molar-refractivity contribution in [1.29, 1.82) is 0 Å². The number of hydrogen-bond donors (Lipinski definition) is 0. The van der Waals surface area contributed by atoms with Crippen LogP contribution in [0.15, 0.2) is 24.4 Å². The normalized spacial score (nSPS) is 13.5. The van der Waals surface area contributed by atoms with Gasteiger partial charge in [0.15, 0.2) is 0 Å². The van der Waals surface area contributed by atoms with Gasteiger partial charge in [-0.2, -0.15) is 0 Å². The van der Waals surface area contributed by atoms with Crippen molar-refractivity contribution in [3.8, 4) is 0 Å². The van der Waals surface area contributed by atoms with Crippen LogP contribution in [0.5, 0.6) is 0 Å². The molecule has 15 heavy (non-hydrogen) atoms. The van der Waals surface area contributed by atoms with E-state index in [4.69, 9.17) is 0 Å². The van der Waals surface area contributed by atoms with Crippen molar-refractivity contribution < 1.29 is 13.6 Å². The number of hydrogen-bond acceptors (Lipinski definition) is 2. The van der Waals surface area contributed by atoms with E-state index >= 15 is 0 Å². The molecule has 4 heteroatoms. The Morgan fingerprint density at radius 1 is 1.53 bits per heavy atom. The predicted octanol–water partition coefficient (Wildman–Crippen LogP) is 2.48. The minimum absolute atomic E-state index is 0.348. The number of aromatic nitrogens is 1. The van der Waals surface area contributed by atoms with Crippen molar-refractivity contribution in [3.63, 3.8) is 0 Å². The average Bonchev–Trinajstić information content (AvgIpc) is 2.17. The fourth-order valence-electron chi connectivity index (χ4n) is 1.36. The van der Waals surface area contributed by atoms with E-state index in [1.165, 1.54) is 13.1 Å². The molecule has 0 aliphatic heterocycles. The van der Waals surface area contributed by atoms with Crippen LogP contribution >= 0.6 is 0 Å². The smallest absolute Gasteiger partial charge is 0.254 e. The Morgan fingerprint density at radius 2 is 2.27 bits per heavy atom. The average molecular weight is 213 g/mol. The highest BCUT2D eigenvalue weighted by Crippen LogP contribution is 2.26. The molecule has 0 saturated carbocycles. The first-order chi connectivity index (χ1) is 7.03. The highest BCUT2D eigenvalue weighted by Gasteiger charge is 2.31. The van der Waals surface area contributed by atoms with Crippen molar-refractivity contribution in [2.45, 2.75) is 25.7 Å². The van der Waals surface area contributed by atoms with E-state index in [2.05, 4.69) is 4.98 Å². The second kappa shape index (κ2) is 4.96. The molecule has 1 aromatic heterocycles. The molecular weight excluding hydrogens is 200 g/mol. The zero-order valence-corrected chi connectivity index (χ0v) is 8.49. The largest absolute Gasteiger partial charge is 0.303 e. The molecule has 0 aliphatic carbocycles. The molecular formula is C11H13F2NO. The van der Waals surface area contributed by atoms with Gasteiger partial charge in [0.2, 0.25) is 0 Å². The number of carbonyl (C=O) groups excluding carboxylic acids is 1. The molecule has 1 rings (SSSR count). The van der Waals surface area contributed by atoms with Crippen LogP contribution in [-0.2, 0) is 11.2 Å². The third kappa shape index (κ3) is 4.14. The number of pyridine rings is 1. The first-order valence-corrected chi connectivity index (χ1v) is 4.76. The van der Waals surface area contributed by atoms with Crippen molar-refractivity contribution >= 4 is 6.29 Å². The van der Waals surface area contributed by atoms with Crippen molar-refractivity contribution in [1.82, 2.24) is 4.98 Å². The van der Waals surface area contributed by atoms with E-state index in [1.807, 2.05) is 0 Å². The highest BCUT2D eigenvalue weighted by molar-refractivity contribution is 5.52. The number of aldehydes is 1. The summed E-state index contributed by atoms with van der Waals surface area (Å²) in [6.45, 7) is 1.49. The maximum atomic E-state index is 13.3. The van der Waals surface area contributed by atoms with E-state index in [9.17, 15) is 13.6 Å². The van der Waals surface area contributed by atoms with Gasteiger partial charge in [0.1, 0.15) is 6.29 Å². The lowest BCUT2D eigenvalue weighted by Crippen LogP contribution is -2.23. The molecule has 0 bridgehead atoms. The maximum absolute atomic E-state index is 13.3. The molecule has 0 radical (unpaired) electrons. The van der Waals surface area contributed by atoms with Crippen molar-refractivity contribution in [3.05, 3.63) is 30.1 Å². The second-order valence-electron chi connectivity index (χ2n) is 3.67. The first kappa shape index (κ1) is 11.8. The Balaban J connectivity index is 2.60. The monoisotopic (exact) mass is 213 g/mol. The lowest BCUT2D eigenvalue weighted by atomic mass is 10.0. The lowest BCUT2D eigenvalue weighted by Gasteiger charge is -2.17. The summed E-state index contributed by atoms with van der Waals surface area (Å²) in [5.74, 6) is -3.49. The van der Waals surface area contributed by atoms with Gasteiger partial charge in [-0.3, -0.25) is 4.98 Å². The number of alkyl halides is 2. The molecule has 0 aliphatic rings. The van der Waals surface area contributed by atoms with Gasteiger partial charge in [-0.25, -0.2) is 8.78 Å². The van der Waals surface area contributed by atoms with Crippen LogP contribution in [-0.4, -0.2) is 17.2 Å². The molecule has 0 N–H and O–H groups in total. The maximum Gasteiger partial charge on any atom is 0.254 e. The van der Waals surface area contributed by atoms with Gasteiger partial charge in [-0.15, -0.1) is 0 Å². The first-order valence-electron chi connectivity index (χ1n) is 4.76. The SMILES string of the molecule is C[C@H](C=O)CC(F)(F)Cc1ccccn1. The third-order valence-electron chi connectivity index (χ3n) is 2.02. The quantitative estimate of drug-likeness (QED) is 0.703. The summed E-state index contributed by atoms with van der Waals surface area (Å²) in [4.78, 5) is 14.1. The van der Waals surface area contributed by atoms with Gasteiger partial charge < -0.3 is 4.79 Å². The van der Waals surface area contributed by atoms with Gasteiger partial charge in [-0.1, -0.05) is 13.0 Å². The molecule has 1 heterocycles. The highest BCUT2D eigenvalue weighted by atomic mass is 19.3. The molecule has 0 unspecified atom stereocenters. The van der Waals surface area contributed by atoms with E-state index in [-0.39, 0.29) is 0 Å². The summed E-state index contributed by atoms with van der Waals surface area (Å²) in [6.07, 6.45) is 1.19. The van der Waals surface area contributed by atoms with Crippen LogP contribution < -0.4 is 0 Å². The van der Waals surface area contributed by atoms with E-state index < -0.39 is 24.7 Å². The summed E-state index contributed by atoms with van der Waals surface area (Å²) < 4.78 is 26.7. The molecule has 82 valence electrons. The van der Waals surface area contributed by atoms with Gasteiger partial charge in [0.05, 0.1) is 6.42 Å². The minimum atomic E-state index is -2.87. The fourth-order valence-corrected chi connectivity index (χ4v) is 1.36. The van der Waals surface area contributed by atoms with Crippen LogP contribution in [0.2, 0.25) is 0 Å². The molecule has 2 nitrogen and oxygen atoms in total. The Hall–Kier alpha value is -1.32. The zero-order chi connectivity index (χ0) is 11.3. The van der Waals surface area contributed by atoms with E-state index in [0.717, 1.165) is 0 Å². The van der Waals surface area contributed by atoms with Crippen LogP contribution in [0.25, 0.3) is 0 Å². The van der Waals surface area contributed by atoms with Crippen LogP contribution in [0.3, 0.4) is 0 Å². The molecule has 0 spiro atoms. The number of carbonyl (C=O) groups is 1. The summed E-state index contributed by atoms with van der Waals surface area (Å²) in [7, 11) is 0. The van der Waals surface area contributed by atoms with Gasteiger partial charge in [-0.05, 0) is 12.1 Å². The Bertz CT molecular complexity index is 314. The summed E-state index contributed by atoms with van der Waals surface area (Å²) >= 11 is 0. The Morgan fingerprint density at radius 3 is 2.80 bits per heavy atom. The van der Waals surface area contributed by atoms with Gasteiger partial charge in [0, 0.05) is 24.2 Å². The second-order valence-corrected chi connectivity index (χ2v) is 3.67. The van der Waals surface area contributed by atoms with E-state index in [0.29, 0.717) is 12.0 Å². The van der Waals surface area contributed by atoms with Crippen LogP contribution in [0, 0.1) is 5.92 Å². The standard InChI is InChI=1S/C11H13F2NO/c1-9(8-15)6-11(12,13)7-10-4-2-3-5-14-10/h2-5,8-9H,6-7H2,1H3/t9-/m0/s1. The summed E-state index contributed by atoms with van der Waals surface area (Å²) in [6, 6.07) is 4.90. The van der Waals surface area contributed by atoms with E-state index in [1.54, 1.807) is 18.2 Å². The molecule has 0 saturated heterocycles. The summed E-state index contributed by atoms with van der Waals surface area (Å²) in [5, 5.41) is 0. The number of nitrogens with zero attached hydrogens (tertiary/aromatic N) is 1. The number of halogens is 2. The predicted molar refractivity (Wildman–Crippen MR) is 52.7 cm³/mol. The molecule has 0 amide bonds. The zero-order valence-electron chi connectivity index (χ0n) is 8.49. The third-order valence-corrected chi connectivity index (χ3v) is 2.02. The van der Waals surface area contributed by atoms with Crippen LogP contribution in [0.1, 0.15) is 19.0 Å². The van der Waals surface area contributed by atoms with Gasteiger partial charge >= 0.3 is 0 Å².